The van der Waals surface area contributed by atoms with Crippen LogP contribution in [0.4, 0.5) is 5.69 Å². The predicted octanol–water partition coefficient (Wildman–Crippen LogP) is 3.35. The second-order valence-electron chi connectivity index (χ2n) is 6.09. The molecule has 0 aliphatic carbocycles. The van der Waals surface area contributed by atoms with Crippen LogP contribution in [-0.2, 0) is 9.53 Å². The summed E-state index contributed by atoms with van der Waals surface area (Å²) in [7, 11) is 0. The molecule has 0 fully saturated rings. The summed E-state index contributed by atoms with van der Waals surface area (Å²) >= 11 is 0. The normalized spacial score (nSPS) is 10.6. The summed E-state index contributed by atoms with van der Waals surface area (Å²) in [4.78, 5) is 33.0. The van der Waals surface area contributed by atoms with Gasteiger partial charge in [0.2, 0.25) is 0 Å². The van der Waals surface area contributed by atoms with Gasteiger partial charge in [-0.1, -0.05) is 12.1 Å². The maximum absolute atomic E-state index is 12.2. The van der Waals surface area contributed by atoms with Crippen molar-refractivity contribution >= 4 is 28.6 Å². The van der Waals surface area contributed by atoms with Gasteiger partial charge in [-0.2, -0.15) is 0 Å². The van der Waals surface area contributed by atoms with Gasteiger partial charge >= 0.3 is 5.97 Å². The first-order valence-corrected chi connectivity index (χ1v) is 8.21. The molecule has 26 heavy (non-hydrogen) atoms. The van der Waals surface area contributed by atoms with Crippen molar-refractivity contribution in [3.05, 3.63) is 65.0 Å². The molecule has 0 spiro atoms. The standard InChI is InChI=1S/C20H19N3O3/c1-12-5-4-6-16(9-12)23-19(24)11-26-20(25)15-7-8-17-18(10-15)22-14(3)13(2)21-17/h4-10H,11H2,1-3H3,(H,23,24). The zero-order valence-electron chi connectivity index (χ0n) is 14.9. The monoisotopic (exact) mass is 349 g/mol. The fourth-order valence-electron chi connectivity index (χ4n) is 2.49. The highest BCUT2D eigenvalue weighted by atomic mass is 16.5. The van der Waals surface area contributed by atoms with Gasteiger partial charge in [0.05, 0.1) is 28.0 Å². The van der Waals surface area contributed by atoms with Crippen molar-refractivity contribution in [2.75, 3.05) is 11.9 Å². The Morgan fingerprint density at radius 2 is 1.69 bits per heavy atom. The number of esters is 1. The van der Waals surface area contributed by atoms with E-state index in [-0.39, 0.29) is 6.61 Å². The van der Waals surface area contributed by atoms with Gasteiger partial charge in [0.25, 0.3) is 5.91 Å². The Morgan fingerprint density at radius 1 is 0.962 bits per heavy atom. The van der Waals surface area contributed by atoms with Gasteiger partial charge < -0.3 is 10.1 Å². The van der Waals surface area contributed by atoms with E-state index in [1.165, 1.54) is 0 Å². The molecule has 6 heteroatoms. The number of hydrogen-bond donors (Lipinski definition) is 1. The highest BCUT2D eigenvalue weighted by Gasteiger charge is 2.12. The van der Waals surface area contributed by atoms with Crippen molar-refractivity contribution < 1.29 is 14.3 Å². The van der Waals surface area contributed by atoms with Crippen molar-refractivity contribution in [3.63, 3.8) is 0 Å². The minimum absolute atomic E-state index is 0.332. The minimum atomic E-state index is -0.577. The van der Waals surface area contributed by atoms with Crippen LogP contribution in [0.2, 0.25) is 0 Å². The Bertz CT molecular complexity index is 999. The number of hydrogen-bond acceptors (Lipinski definition) is 5. The van der Waals surface area contributed by atoms with E-state index < -0.39 is 11.9 Å². The summed E-state index contributed by atoms with van der Waals surface area (Å²) in [5, 5.41) is 2.69. The zero-order valence-corrected chi connectivity index (χ0v) is 14.9. The number of carbonyl (C=O) groups is 2. The van der Waals surface area contributed by atoms with Gasteiger partial charge in [-0.05, 0) is 56.7 Å². The molecule has 0 saturated heterocycles. The van der Waals surface area contributed by atoms with E-state index in [9.17, 15) is 9.59 Å². The number of fused-ring (bicyclic) bond motifs is 1. The van der Waals surface area contributed by atoms with Crippen LogP contribution in [-0.4, -0.2) is 28.5 Å². The van der Waals surface area contributed by atoms with Crippen molar-refractivity contribution in [3.8, 4) is 0 Å². The first kappa shape index (κ1) is 17.5. The first-order chi connectivity index (χ1) is 12.4. The van der Waals surface area contributed by atoms with E-state index in [0.29, 0.717) is 22.3 Å². The van der Waals surface area contributed by atoms with Crippen LogP contribution in [0.15, 0.2) is 42.5 Å². The molecular formula is C20H19N3O3. The highest BCUT2D eigenvalue weighted by molar-refractivity contribution is 5.97. The van der Waals surface area contributed by atoms with Crippen molar-refractivity contribution in [1.82, 2.24) is 9.97 Å². The Labute approximate surface area is 151 Å². The molecule has 0 atom stereocenters. The summed E-state index contributed by atoms with van der Waals surface area (Å²) in [5.74, 6) is -0.970. The summed E-state index contributed by atoms with van der Waals surface area (Å²) < 4.78 is 5.10. The van der Waals surface area contributed by atoms with Crippen LogP contribution in [0.25, 0.3) is 11.0 Å². The number of carbonyl (C=O) groups excluding carboxylic acids is 2. The second-order valence-corrected chi connectivity index (χ2v) is 6.09. The molecule has 0 unspecified atom stereocenters. The van der Waals surface area contributed by atoms with Crippen LogP contribution >= 0.6 is 0 Å². The summed E-state index contributed by atoms with van der Waals surface area (Å²) in [6.45, 7) is 5.32. The molecular weight excluding hydrogens is 330 g/mol. The third-order valence-corrected chi connectivity index (χ3v) is 3.95. The number of nitrogens with zero attached hydrogens (tertiary/aromatic N) is 2. The van der Waals surface area contributed by atoms with E-state index in [0.717, 1.165) is 17.0 Å². The minimum Gasteiger partial charge on any atom is -0.452 e. The average molecular weight is 349 g/mol. The van der Waals surface area contributed by atoms with E-state index in [4.69, 9.17) is 4.74 Å². The Hall–Kier alpha value is -3.28. The van der Waals surface area contributed by atoms with Crippen LogP contribution in [0.1, 0.15) is 27.3 Å². The summed E-state index contributed by atoms with van der Waals surface area (Å²) in [6.07, 6.45) is 0. The zero-order chi connectivity index (χ0) is 18.7. The Balaban J connectivity index is 1.65. The number of benzene rings is 2. The topological polar surface area (TPSA) is 81.2 Å². The second kappa shape index (κ2) is 7.31. The lowest BCUT2D eigenvalue weighted by molar-refractivity contribution is -0.119. The average Bonchev–Trinajstić information content (AvgIpc) is 2.60. The molecule has 3 aromatic rings. The first-order valence-electron chi connectivity index (χ1n) is 8.21. The van der Waals surface area contributed by atoms with E-state index in [2.05, 4.69) is 15.3 Å². The van der Waals surface area contributed by atoms with Gasteiger partial charge in [-0.15, -0.1) is 0 Å². The Kier molecular flexibility index (Phi) is 4.93. The third kappa shape index (κ3) is 4.03. The van der Waals surface area contributed by atoms with E-state index in [1.54, 1.807) is 24.3 Å². The van der Waals surface area contributed by atoms with E-state index in [1.807, 2.05) is 39.0 Å². The summed E-state index contributed by atoms with van der Waals surface area (Å²) in [5.41, 5.74) is 5.01. The lowest BCUT2D eigenvalue weighted by Crippen LogP contribution is -2.21. The maximum Gasteiger partial charge on any atom is 0.338 e. The smallest absolute Gasteiger partial charge is 0.338 e. The molecule has 3 rings (SSSR count). The number of aromatic nitrogens is 2. The fourth-order valence-corrected chi connectivity index (χ4v) is 2.49. The van der Waals surface area contributed by atoms with E-state index >= 15 is 0 Å². The number of rotatable bonds is 4. The molecule has 0 aliphatic rings. The summed E-state index contributed by atoms with van der Waals surface area (Å²) in [6, 6.07) is 12.4. The Morgan fingerprint density at radius 3 is 2.42 bits per heavy atom. The fraction of sp³-hybridized carbons (Fsp3) is 0.200. The van der Waals surface area contributed by atoms with Gasteiger partial charge in [0.1, 0.15) is 0 Å². The SMILES string of the molecule is Cc1cccc(NC(=O)COC(=O)c2ccc3nc(C)c(C)nc3c2)c1. The van der Waals surface area contributed by atoms with Crippen LogP contribution < -0.4 is 5.32 Å². The molecule has 0 bridgehead atoms. The molecule has 2 aromatic carbocycles. The number of anilines is 1. The van der Waals surface area contributed by atoms with Crippen LogP contribution in [0.3, 0.4) is 0 Å². The number of aryl methyl sites for hydroxylation is 3. The lowest BCUT2D eigenvalue weighted by Gasteiger charge is -2.08. The maximum atomic E-state index is 12.2. The van der Waals surface area contributed by atoms with Crippen molar-refractivity contribution in [2.45, 2.75) is 20.8 Å². The number of nitrogens with one attached hydrogen (secondary N) is 1. The van der Waals surface area contributed by atoms with Gasteiger partial charge in [0, 0.05) is 5.69 Å². The molecule has 0 radical (unpaired) electrons. The molecule has 1 heterocycles. The van der Waals surface area contributed by atoms with Crippen molar-refractivity contribution in [1.29, 1.82) is 0 Å². The number of ether oxygens (including phenoxy) is 1. The quantitative estimate of drug-likeness (QED) is 0.731. The van der Waals surface area contributed by atoms with Crippen LogP contribution in [0, 0.1) is 20.8 Å². The van der Waals surface area contributed by atoms with Crippen molar-refractivity contribution in [2.24, 2.45) is 0 Å². The van der Waals surface area contributed by atoms with Gasteiger partial charge in [0.15, 0.2) is 6.61 Å². The molecule has 6 nitrogen and oxygen atoms in total. The van der Waals surface area contributed by atoms with Gasteiger partial charge in [-0.3, -0.25) is 4.79 Å². The molecule has 0 saturated carbocycles. The largest absolute Gasteiger partial charge is 0.452 e. The lowest BCUT2D eigenvalue weighted by atomic mass is 10.2. The molecule has 0 aliphatic heterocycles. The van der Waals surface area contributed by atoms with Crippen LogP contribution in [0.5, 0.6) is 0 Å². The third-order valence-electron chi connectivity index (χ3n) is 3.95. The molecule has 1 N–H and O–H groups in total. The predicted molar refractivity (Wildman–Crippen MR) is 99.1 cm³/mol. The molecule has 1 aromatic heterocycles. The highest BCUT2D eigenvalue weighted by Crippen LogP contribution is 2.15. The molecule has 1 amide bonds. The number of amides is 1. The molecule has 132 valence electrons. The van der Waals surface area contributed by atoms with Gasteiger partial charge in [-0.25, -0.2) is 14.8 Å².